The molecule has 1 heterocycles. The highest BCUT2D eigenvalue weighted by atomic mass is 16.5. The van der Waals surface area contributed by atoms with Crippen LogP contribution in [0.1, 0.15) is 90.5 Å². The maximum absolute atomic E-state index is 11.1. The van der Waals surface area contributed by atoms with E-state index in [1.807, 2.05) is 52.0 Å². The molecule has 0 spiro atoms. The third-order valence-electron chi connectivity index (χ3n) is 6.59. The Morgan fingerprint density at radius 2 is 1.66 bits per heavy atom. The van der Waals surface area contributed by atoms with Crippen LogP contribution < -0.4 is 10.5 Å². The quantitative estimate of drug-likeness (QED) is 0.190. The summed E-state index contributed by atoms with van der Waals surface area (Å²) in [5.41, 5.74) is 11.0. The summed E-state index contributed by atoms with van der Waals surface area (Å²) in [7, 11) is 0. The van der Waals surface area contributed by atoms with Crippen LogP contribution in [-0.4, -0.2) is 17.5 Å². The average Bonchev–Trinajstić information content (AvgIpc) is 3.30. The van der Waals surface area contributed by atoms with E-state index in [2.05, 4.69) is 74.5 Å². The maximum atomic E-state index is 11.1. The average molecular weight is 599 g/mol. The Labute approximate surface area is 266 Å². The standard InChI is InChI=1S/C17H19NO2.C16H19NO.2C2H6.C2H4/c1-2-4-13-7-10-16(11-8-13)20-15-6-3-5-14(9-12-15)17(18)19;1-2-3-11-18-15-10-6-9-14-16(15)12-7-4-5-8-13(12)17-14;3*1-2/h3,6-12H,2,4-5H2,1H3,(H2,18,19);4-5,7-8,10,17H,2-3,6,9,11H2,1H3;2*1-2H3;1-2H2. The first-order valence-corrected chi connectivity index (χ1v) is 16.2. The molecule has 2 aliphatic carbocycles. The van der Waals surface area contributed by atoms with Crippen molar-refractivity contribution in [2.75, 3.05) is 6.61 Å². The van der Waals surface area contributed by atoms with Crippen LogP contribution in [0.5, 0.6) is 5.75 Å². The Morgan fingerprint density at radius 3 is 2.32 bits per heavy atom. The number of fused-ring (bicyclic) bond motifs is 3. The summed E-state index contributed by atoms with van der Waals surface area (Å²) in [5.74, 6) is 2.17. The second kappa shape index (κ2) is 22.3. The summed E-state index contributed by atoms with van der Waals surface area (Å²) in [6, 6.07) is 16.5. The van der Waals surface area contributed by atoms with E-state index < -0.39 is 5.91 Å². The number of hydrogen-bond donors (Lipinski definition) is 2. The second-order valence-electron chi connectivity index (χ2n) is 9.56. The number of allylic oxidation sites excluding steroid dienone is 5. The van der Waals surface area contributed by atoms with Crippen LogP contribution in [0.25, 0.3) is 16.7 Å². The summed E-state index contributed by atoms with van der Waals surface area (Å²) >= 11 is 0. The van der Waals surface area contributed by atoms with Gasteiger partial charge in [0.15, 0.2) is 0 Å². The van der Waals surface area contributed by atoms with E-state index in [1.54, 1.807) is 12.2 Å². The molecule has 0 aliphatic heterocycles. The Kier molecular flexibility index (Phi) is 19.2. The smallest absolute Gasteiger partial charge is 0.244 e. The fraction of sp³-hybridized carbons (Fsp3) is 0.359. The van der Waals surface area contributed by atoms with Crippen LogP contribution in [0.15, 0.2) is 103 Å². The number of benzene rings is 2. The van der Waals surface area contributed by atoms with Crippen molar-refractivity contribution in [1.29, 1.82) is 0 Å². The van der Waals surface area contributed by atoms with Gasteiger partial charge in [-0.15, -0.1) is 13.2 Å². The number of unbranched alkanes of at least 4 members (excludes halogenated alkanes) is 1. The molecule has 0 radical (unpaired) electrons. The molecule has 2 aliphatic rings. The zero-order chi connectivity index (χ0) is 32.7. The molecule has 1 amide bonds. The first-order valence-electron chi connectivity index (χ1n) is 16.2. The van der Waals surface area contributed by atoms with Crippen molar-refractivity contribution in [3.8, 4) is 5.75 Å². The third-order valence-corrected chi connectivity index (χ3v) is 6.59. The number of para-hydroxylation sites is 1. The van der Waals surface area contributed by atoms with E-state index in [1.165, 1.54) is 34.1 Å². The minimum atomic E-state index is -0.393. The number of aromatic amines is 1. The van der Waals surface area contributed by atoms with Gasteiger partial charge in [-0.2, -0.15) is 0 Å². The predicted molar refractivity (Wildman–Crippen MR) is 190 cm³/mol. The van der Waals surface area contributed by atoms with E-state index in [4.69, 9.17) is 15.2 Å². The van der Waals surface area contributed by atoms with Crippen molar-refractivity contribution in [3.63, 3.8) is 0 Å². The summed E-state index contributed by atoms with van der Waals surface area (Å²) in [5, 5.41) is 1.29. The third kappa shape index (κ3) is 11.8. The summed E-state index contributed by atoms with van der Waals surface area (Å²) in [6.07, 6.45) is 16.6. The fourth-order valence-corrected chi connectivity index (χ4v) is 4.58. The minimum absolute atomic E-state index is 0.393. The Morgan fingerprint density at radius 1 is 0.955 bits per heavy atom. The minimum Gasteiger partial charge on any atom is -0.493 e. The molecule has 5 heteroatoms. The summed E-state index contributed by atoms with van der Waals surface area (Å²) in [4.78, 5) is 14.6. The van der Waals surface area contributed by atoms with E-state index >= 15 is 0 Å². The number of primary amides is 1. The van der Waals surface area contributed by atoms with Crippen molar-refractivity contribution in [3.05, 3.63) is 120 Å². The van der Waals surface area contributed by atoms with E-state index in [0.717, 1.165) is 50.2 Å². The number of ether oxygens (including phenoxy) is 2. The van der Waals surface area contributed by atoms with Gasteiger partial charge < -0.3 is 20.2 Å². The lowest BCUT2D eigenvalue weighted by molar-refractivity contribution is -0.114. The Balaban J connectivity index is 0.000000377. The predicted octanol–water partition coefficient (Wildman–Crippen LogP) is 10.4. The molecule has 3 N–H and O–H groups in total. The van der Waals surface area contributed by atoms with Gasteiger partial charge in [0, 0.05) is 27.7 Å². The number of aromatic nitrogens is 1. The summed E-state index contributed by atoms with van der Waals surface area (Å²) in [6.45, 7) is 19.2. The number of aryl methyl sites for hydroxylation is 2. The van der Waals surface area contributed by atoms with Crippen LogP contribution in [0.4, 0.5) is 0 Å². The summed E-state index contributed by atoms with van der Waals surface area (Å²) < 4.78 is 11.7. The molecule has 0 unspecified atom stereocenters. The zero-order valence-corrected chi connectivity index (χ0v) is 27.9. The van der Waals surface area contributed by atoms with Crippen molar-refractivity contribution >= 4 is 22.6 Å². The van der Waals surface area contributed by atoms with Gasteiger partial charge in [0.2, 0.25) is 5.91 Å². The lowest BCUT2D eigenvalue weighted by atomic mass is 10.0. The first kappa shape index (κ1) is 37.8. The van der Waals surface area contributed by atoms with Gasteiger partial charge in [-0.3, -0.25) is 4.79 Å². The Bertz CT molecular complexity index is 1370. The number of carbonyl (C=O) groups excluding carboxylic acids is 1. The molecule has 238 valence electrons. The van der Waals surface area contributed by atoms with Crippen molar-refractivity contribution in [2.45, 2.75) is 86.5 Å². The number of amides is 1. The molecule has 3 aromatic rings. The number of hydrogen-bond acceptors (Lipinski definition) is 3. The fourth-order valence-electron chi connectivity index (χ4n) is 4.58. The topological polar surface area (TPSA) is 77.3 Å². The number of nitrogens with one attached hydrogen (secondary N) is 1. The van der Waals surface area contributed by atoms with Crippen LogP contribution >= 0.6 is 0 Å². The van der Waals surface area contributed by atoms with Crippen LogP contribution in [0, 0.1) is 0 Å². The second-order valence-corrected chi connectivity index (χ2v) is 9.56. The van der Waals surface area contributed by atoms with Crippen molar-refractivity contribution < 1.29 is 14.3 Å². The van der Waals surface area contributed by atoms with E-state index in [0.29, 0.717) is 17.8 Å². The molecular weight excluding hydrogens is 544 g/mol. The van der Waals surface area contributed by atoms with Gasteiger partial charge in [0.25, 0.3) is 0 Å². The van der Waals surface area contributed by atoms with Gasteiger partial charge in [0.05, 0.1) is 6.61 Å². The van der Waals surface area contributed by atoms with Gasteiger partial charge in [-0.1, -0.05) is 90.8 Å². The highest BCUT2D eigenvalue weighted by molar-refractivity contribution is 5.93. The largest absolute Gasteiger partial charge is 0.493 e. The van der Waals surface area contributed by atoms with E-state index in [9.17, 15) is 4.79 Å². The number of nitrogens with two attached hydrogens (primary N) is 1. The normalized spacial score (nSPS) is 12.7. The van der Waals surface area contributed by atoms with Crippen molar-refractivity contribution in [1.82, 2.24) is 4.98 Å². The lowest BCUT2D eigenvalue weighted by Crippen LogP contribution is -2.12. The molecule has 0 fully saturated rings. The van der Waals surface area contributed by atoms with Gasteiger partial charge in [-0.05, 0) is 80.2 Å². The number of carbonyl (C=O) groups is 1. The Hall–Kier alpha value is -4.25. The maximum Gasteiger partial charge on any atom is 0.244 e. The first-order chi connectivity index (χ1) is 21.6. The van der Waals surface area contributed by atoms with Crippen LogP contribution in [0.3, 0.4) is 0 Å². The molecule has 5 nitrogen and oxygen atoms in total. The number of rotatable bonds is 9. The molecule has 44 heavy (non-hydrogen) atoms. The highest BCUT2D eigenvalue weighted by Gasteiger charge is 2.19. The lowest BCUT2D eigenvalue weighted by Gasteiger charge is -2.15. The SMILES string of the molecule is C=C.CC.CC.CCCCOC1=CCCc2[nH]c3ccccc3c21.CCCc1ccc(OC2=CC=C(C(N)=O)CC=C2)cc1. The monoisotopic (exact) mass is 598 g/mol. The molecule has 0 saturated heterocycles. The molecule has 2 aromatic carbocycles. The van der Waals surface area contributed by atoms with Crippen LogP contribution in [0.2, 0.25) is 0 Å². The van der Waals surface area contributed by atoms with E-state index in [-0.39, 0.29) is 0 Å². The molecule has 1 aromatic heterocycles. The molecule has 0 bridgehead atoms. The molecular formula is C39H54N2O3. The van der Waals surface area contributed by atoms with Gasteiger partial charge >= 0.3 is 0 Å². The molecule has 0 atom stereocenters. The van der Waals surface area contributed by atoms with Crippen LogP contribution in [-0.2, 0) is 22.4 Å². The zero-order valence-electron chi connectivity index (χ0n) is 27.9. The van der Waals surface area contributed by atoms with Gasteiger partial charge in [0.1, 0.15) is 17.3 Å². The molecule has 5 rings (SSSR count). The highest BCUT2D eigenvalue weighted by Crippen LogP contribution is 2.34. The van der Waals surface area contributed by atoms with Gasteiger partial charge in [-0.25, -0.2) is 0 Å². The molecule has 0 saturated carbocycles. The van der Waals surface area contributed by atoms with Crippen molar-refractivity contribution in [2.24, 2.45) is 5.73 Å². The number of H-pyrrole nitrogens is 1.